The van der Waals surface area contributed by atoms with E-state index in [0.717, 1.165) is 0 Å². The van der Waals surface area contributed by atoms with Crippen LogP contribution in [0.3, 0.4) is 0 Å². The molecule has 0 aliphatic rings. The topological polar surface area (TPSA) is 375 Å². The van der Waals surface area contributed by atoms with Crippen molar-refractivity contribution in [2.45, 2.75) is 114 Å². The first kappa shape index (κ1) is 50.0. The van der Waals surface area contributed by atoms with E-state index in [1.54, 1.807) is 44.3 Å². The number of aromatic nitrogens is 1. The Hall–Kier alpha value is -6.13. The van der Waals surface area contributed by atoms with E-state index in [9.17, 15) is 58.5 Å². The number of carboxylic acids is 3. The van der Waals surface area contributed by atoms with Crippen molar-refractivity contribution < 1.29 is 63.6 Å². The predicted octanol–water partition coefficient (Wildman–Crippen LogP) is -2.44. The minimum atomic E-state index is -1.77. The van der Waals surface area contributed by atoms with Crippen LogP contribution < -0.4 is 43.4 Å². The van der Waals surface area contributed by atoms with E-state index in [2.05, 4.69) is 36.9 Å². The highest BCUT2D eigenvalue weighted by atomic mass is 16.4. The molecule has 22 nitrogen and oxygen atoms in total. The van der Waals surface area contributed by atoms with Gasteiger partial charge in [0.25, 0.3) is 0 Å². The second-order valence-corrected chi connectivity index (χ2v) is 14.7. The summed E-state index contributed by atoms with van der Waals surface area (Å²) >= 11 is 0. The first-order chi connectivity index (χ1) is 28.3. The molecule has 60 heavy (non-hydrogen) atoms. The van der Waals surface area contributed by atoms with Gasteiger partial charge in [-0.15, -0.1) is 0 Å². The molecule has 1 aromatic carbocycles. The van der Waals surface area contributed by atoms with Gasteiger partial charge >= 0.3 is 17.9 Å². The molecule has 0 aliphatic carbocycles. The van der Waals surface area contributed by atoms with E-state index >= 15 is 0 Å². The number of unbranched alkanes of at least 4 members (excludes halogenated alkanes) is 1. The fourth-order valence-corrected chi connectivity index (χ4v) is 5.95. The Labute approximate surface area is 345 Å². The van der Waals surface area contributed by atoms with Gasteiger partial charge in [-0.2, -0.15) is 0 Å². The maximum atomic E-state index is 14.0. The van der Waals surface area contributed by atoms with E-state index in [0.29, 0.717) is 22.9 Å². The zero-order valence-corrected chi connectivity index (χ0v) is 33.7. The fraction of sp³-hybridized carbons (Fsp3) is 0.553. The van der Waals surface area contributed by atoms with Crippen LogP contribution in [0.5, 0.6) is 0 Å². The highest BCUT2D eigenvalue weighted by Gasteiger charge is 2.34. The number of benzene rings is 1. The van der Waals surface area contributed by atoms with E-state index in [4.69, 9.17) is 16.6 Å². The largest absolute Gasteiger partial charge is 0.481 e. The molecule has 332 valence electrons. The lowest BCUT2D eigenvalue weighted by atomic mass is 10.0. The van der Waals surface area contributed by atoms with Gasteiger partial charge in [-0.25, -0.2) is 4.79 Å². The third kappa shape index (κ3) is 16.6. The summed E-state index contributed by atoms with van der Waals surface area (Å²) in [6.07, 6.45) is 0.529. The van der Waals surface area contributed by atoms with Crippen molar-refractivity contribution in [1.29, 1.82) is 0 Å². The number of hydrogen-bond donors (Lipinski definition) is 13. The lowest BCUT2D eigenvalue weighted by molar-refractivity contribution is -0.143. The van der Waals surface area contributed by atoms with E-state index in [1.165, 1.54) is 6.92 Å². The Bertz CT molecular complexity index is 1840. The zero-order chi connectivity index (χ0) is 45.1. The summed E-state index contributed by atoms with van der Waals surface area (Å²) in [5.74, 6) is -10.0. The number of hydrogen-bond acceptors (Lipinski definition) is 12. The standard InChI is InChI=1S/C38H57N9O13/c1-19(2)14-26(44-33(54)23(40)11-12-30(49)50)36(57)46-28(16-31(51)52)37(58)43-25(10-6-7-13-39)34(55)45-27(15-21-17-41-24-9-5-4-8-22(21)24)35(56)42-20(3)32(53)47-29(18-48)38(59)60/h4-5,8-9,17,19-20,23,25-29,41,48H,6-7,10-16,18,39-40H2,1-3H3,(H,42,56)(H,43,58)(H,44,54)(H,45,55)(H,46,57)(H,47,53)(H,49,50)(H,51,52)(H,59,60)/t20-,23-,25-,26-,27-,28-,29-/m0/s1. The molecule has 1 heterocycles. The zero-order valence-electron chi connectivity index (χ0n) is 33.7. The smallest absolute Gasteiger partial charge is 0.328 e. The molecule has 15 N–H and O–H groups in total. The summed E-state index contributed by atoms with van der Waals surface area (Å²) in [4.78, 5) is 118. The molecule has 0 saturated carbocycles. The first-order valence-corrected chi connectivity index (χ1v) is 19.4. The molecule has 2 aromatic rings. The molecular weight excluding hydrogens is 790 g/mol. The minimum Gasteiger partial charge on any atom is -0.481 e. The van der Waals surface area contributed by atoms with Crippen LogP contribution in [0.15, 0.2) is 30.5 Å². The Morgan fingerprint density at radius 3 is 1.83 bits per heavy atom. The lowest BCUT2D eigenvalue weighted by Gasteiger charge is -2.27. The number of amides is 6. The molecule has 22 heteroatoms. The quantitative estimate of drug-likeness (QED) is 0.0416. The van der Waals surface area contributed by atoms with Gasteiger partial charge in [-0.05, 0) is 63.1 Å². The summed E-state index contributed by atoms with van der Waals surface area (Å²) in [6, 6.07) is -3.12. The van der Waals surface area contributed by atoms with Gasteiger partial charge in [0, 0.05) is 29.9 Å². The normalized spacial score (nSPS) is 14.7. The lowest BCUT2D eigenvalue weighted by Crippen LogP contribution is -2.60. The van der Waals surface area contributed by atoms with Gasteiger partial charge in [0.1, 0.15) is 36.3 Å². The molecular formula is C38H57N9O13. The van der Waals surface area contributed by atoms with E-state index in [-0.39, 0.29) is 44.6 Å². The van der Waals surface area contributed by atoms with E-state index in [1.807, 2.05) is 0 Å². The van der Waals surface area contributed by atoms with Gasteiger partial charge in [0.05, 0.1) is 19.1 Å². The van der Waals surface area contributed by atoms with Crippen molar-refractivity contribution in [2.75, 3.05) is 13.2 Å². The number of H-pyrrole nitrogens is 1. The molecule has 7 atom stereocenters. The first-order valence-electron chi connectivity index (χ1n) is 19.4. The summed E-state index contributed by atoms with van der Waals surface area (Å²) in [5, 5.41) is 52.2. The van der Waals surface area contributed by atoms with Crippen LogP contribution >= 0.6 is 0 Å². The third-order valence-corrected chi connectivity index (χ3v) is 9.22. The van der Waals surface area contributed by atoms with Crippen LogP contribution in [0, 0.1) is 5.92 Å². The van der Waals surface area contributed by atoms with Crippen molar-refractivity contribution in [2.24, 2.45) is 17.4 Å². The Balaban J connectivity index is 2.40. The highest BCUT2D eigenvalue weighted by Crippen LogP contribution is 2.19. The maximum Gasteiger partial charge on any atom is 0.328 e. The number of nitrogens with one attached hydrogen (secondary N) is 7. The average molecular weight is 848 g/mol. The van der Waals surface area contributed by atoms with Gasteiger partial charge in [-0.3, -0.25) is 38.4 Å². The molecule has 6 amide bonds. The SMILES string of the molecule is CC(C)C[C@H](NC(=O)[C@@H](N)CCC(=O)O)C(=O)N[C@@H](CC(=O)O)C(=O)N[C@@H](CCCCN)C(=O)N[C@@H](Cc1c[nH]c2ccccc12)C(=O)N[C@@H](C)C(=O)N[C@@H](CO)C(=O)O. The Morgan fingerprint density at radius 2 is 1.23 bits per heavy atom. The second kappa shape index (κ2) is 24.7. The number of carbonyl (C=O) groups is 9. The summed E-state index contributed by atoms with van der Waals surface area (Å²) < 4.78 is 0. The average Bonchev–Trinajstić information content (AvgIpc) is 3.59. The number of aliphatic hydroxyl groups excluding tert-OH is 1. The number of aromatic amines is 1. The monoisotopic (exact) mass is 847 g/mol. The number of para-hydroxylation sites is 1. The number of aliphatic hydroxyl groups is 1. The van der Waals surface area contributed by atoms with Crippen LogP contribution in [-0.4, -0.2) is 134 Å². The number of fused-ring (bicyclic) bond motifs is 1. The van der Waals surface area contributed by atoms with Gasteiger partial charge in [0.15, 0.2) is 0 Å². The molecule has 1 aromatic heterocycles. The molecule has 2 rings (SSSR count). The molecule has 0 spiro atoms. The van der Waals surface area contributed by atoms with Crippen molar-refractivity contribution in [3.05, 3.63) is 36.0 Å². The molecule has 0 aliphatic heterocycles. The molecule has 0 unspecified atom stereocenters. The van der Waals surface area contributed by atoms with Crippen molar-refractivity contribution in [3.63, 3.8) is 0 Å². The van der Waals surface area contributed by atoms with Crippen molar-refractivity contribution in [3.8, 4) is 0 Å². The number of carboxylic acid groups (broad SMARTS) is 3. The van der Waals surface area contributed by atoms with Crippen molar-refractivity contribution >= 4 is 64.3 Å². The predicted molar refractivity (Wildman–Crippen MR) is 213 cm³/mol. The van der Waals surface area contributed by atoms with Gasteiger partial charge in [0.2, 0.25) is 35.4 Å². The Morgan fingerprint density at radius 1 is 0.667 bits per heavy atom. The molecule has 0 saturated heterocycles. The molecule has 0 fully saturated rings. The van der Waals surface area contributed by atoms with Crippen LogP contribution in [0.1, 0.15) is 71.3 Å². The third-order valence-electron chi connectivity index (χ3n) is 9.22. The highest BCUT2D eigenvalue weighted by molar-refractivity contribution is 5.98. The van der Waals surface area contributed by atoms with Crippen LogP contribution in [0.4, 0.5) is 0 Å². The number of aliphatic carboxylic acids is 3. The summed E-state index contributed by atoms with van der Waals surface area (Å²) in [5.41, 5.74) is 12.8. The van der Waals surface area contributed by atoms with Gasteiger partial charge in [-0.1, -0.05) is 32.0 Å². The maximum absolute atomic E-state index is 14.0. The second-order valence-electron chi connectivity index (χ2n) is 14.7. The number of carbonyl (C=O) groups excluding carboxylic acids is 6. The molecule has 0 radical (unpaired) electrons. The minimum absolute atomic E-state index is 0.0243. The van der Waals surface area contributed by atoms with E-state index < -0.39 is 115 Å². The van der Waals surface area contributed by atoms with Crippen LogP contribution in [0.25, 0.3) is 10.9 Å². The summed E-state index contributed by atoms with van der Waals surface area (Å²) in [6.45, 7) is 4.01. The molecule has 0 bridgehead atoms. The number of nitrogens with two attached hydrogens (primary N) is 2. The summed E-state index contributed by atoms with van der Waals surface area (Å²) in [7, 11) is 0. The van der Waals surface area contributed by atoms with Crippen molar-refractivity contribution in [1.82, 2.24) is 36.9 Å². The fourth-order valence-electron chi connectivity index (χ4n) is 5.95. The Kier molecular flexibility index (Phi) is 20.6. The van der Waals surface area contributed by atoms with Crippen LogP contribution in [-0.2, 0) is 49.6 Å². The van der Waals surface area contributed by atoms with Crippen LogP contribution in [0.2, 0.25) is 0 Å². The number of rotatable bonds is 27. The van der Waals surface area contributed by atoms with Gasteiger partial charge < -0.3 is 68.8 Å².